The van der Waals surface area contributed by atoms with E-state index in [0.717, 1.165) is 22.3 Å². The van der Waals surface area contributed by atoms with Crippen molar-refractivity contribution in [3.8, 4) is 11.1 Å². The molecule has 1 saturated heterocycles. The molecule has 0 spiro atoms. The van der Waals surface area contributed by atoms with Crippen LogP contribution in [-0.4, -0.2) is 66.2 Å². The number of benzene rings is 2. The Kier molecular flexibility index (Phi) is 6.82. The van der Waals surface area contributed by atoms with Gasteiger partial charge in [0, 0.05) is 12.5 Å². The lowest BCUT2D eigenvalue weighted by molar-refractivity contribution is -0.143. The molecule has 0 bridgehead atoms. The van der Waals surface area contributed by atoms with Crippen molar-refractivity contribution in [1.82, 2.24) is 10.6 Å². The molecule has 4 rings (SSSR count). The number of ether oxygens (including phenoxy) is 2. The van der Waals surface area contributed by atoms with Crippen molar-refractivity contribution in [2.24, 2.45) is 5.41 Å². The molecule has 186 valence electrons. The van der Waals surface area contributed by atoms with Crippen LogP contribution in [0.2, 0.25) is 0 Å². The maximum atomic E-state index is 12.9. The molecule has 1 aliphatic heterocycles. The van der Waals surface area contributed by atoms with Gasteiger partial charge in [-0.3, -0.25) is 9.59 Å². The van der Waals surface area contributed by atoms with E-state index in [2.05, 4.69) is 22.8 Å². The second-order valence-corrected chi connectivity index (χ2v) is 9.71. The number of nitrogens with one attached hydrogen (secondary N) is 2. The number of rotatable bonds is 8. The minimum Gasteiger partial charge on any atom is -0.481 e. The molecule has 1 aliphatic carbocycles. The molecule has 35 heavy (non-hydrogen) atoms. The highest BCUT2D eigenvalue weighted by molar-refractivity contribution is 5.85. The Hall–Kier alpha value is -3.43. The fourth-order valence-corrected chi connectivity index (χ4v) is 4.74. The molecule has 4 N–H and O–H groups in total. The summed E-state index contributed by atoms with van der Waals surface area (Å²) in [5, 5.41) is 24.4. The molecule has 0 saturated carbocycles. The Bertz CT molecular complexity index is 1090. The van der Waals surface area contributed by atoms with Crippen molar-refractivity contribution in [1.29, 1.82) is 0 Å². The number of carboxylic acids is 1. The summed E-state index contributed by atoms with van der Waals surface area (Å²) >= 11 is 0. The van der Waals surface area contributed by atoms with E-state index >= 15 is 0 Å². The summed E-state index contributed by atoms with van der Waals surface area (Å²) in [4.78, 5) is 36.5. The Balaban J connectivity index is 1.37. The van der Waals surface area contributed by atoms with Gasteiger partial charge >= 0.3 is 12.1 Å². The first-order valence-electron chi connectivity index (χ1n) is 11.5. The van der Waals surface area contributed by atoms with Crippen LogP contribution in [0.4, 0.5) is 4.79 Å². The second-order valence-electron chi connectivity index (χ2n) is 9.71. The van der Waals surface area contributed by atoms with Gasteiger partial charge in [-0.1, -0.05) is 48.5 Å². The second kappa shape index (κ2) is 9.67. The summed E-state index contributed by atoms with van der Waals surface area (Å²) < 4.78 is 11.1. The number of alkyl carbamates (subject to hydrolysis) is 1. The highest BCUT2D eigenvalue weighted by Gasteiger charge is 2.47. The zero-order chi connectivity index (χ0) is 25.2. The lowest BCUT2D eigenvalue weighted by Crippen LogP contribution is -2.55. The van der Waals surface area contributed by atoms with Crippen LogP contribution in [0, 0.1) is 5.41 Å². The molecule has 3 unspecified atom stereocenters. The maximum Gasteiger partial charge on any atom is 0.407 e. The molecular weight excluding hydrogens is 452 g/mol. The third-order valence-corrected chi connectivity index (χ3v) is 6.77. The van der Waals surface area contributed by atoms with Gasteiger partial charge in [-0.15, -0.1) is 0 Å². The Morgan fingerprint density at radius 2 is 1.71 bits per heavy atom. The normalized spacial score (nSPS) is 22.5. The summed E-state index contributed by atoms with van der Waals surface area (Å²) in [5.41, 5.74) is 1.75. The summed E-state index contributed by atoms with van der Waals surface area (Å²) in [6.45, 7) is 3.07. The van der Waals surface area contributed by atoms with Gasteiger partial charge in [-0.05, 0) is 36.1 Å². The summed E-state index contributed by atoms with van der Waals surface area (Å²) in [6, 6.07) is 15.4. The van der Waals surface area contributed by atoms with Crippen molar-refractivity contribution in [2.75, 3.05) is 26.4 Å². The number of carboxylic acid groups (broad SMARTS) is 1. The van der Waals surface area contributed by atoms with Gasteiger partial charge < -0.3 is 30.3 Å². The van der Waals surface area contributed by atoms with Gasteiger partial charge in [-0.25, -0.2) is 4.79 Å². The first kappa shape index (κ1) is 24.7. The minimum absolute atomic E-state index is 0.0637. The van der Waals surface area contributed by atoms with Gasteiger partial charge in [0.15, 0.2) is 0 Å². The Morgan fingerprint density at radius 1 is 1.11 bits per heavy atom. The monoisotopic (exact) mass is 482 g/mol. The van der Waals surface area contributed by atoms with Crippen molar-refractivity contribution in [3.05, 3.63) is 59.7 Å². The first-order chi connectivity index (χ1) is 16.6. The van der Waals surface area contributed by atoms with E-state index in [-0.39, 0.29) is 32.3 Å². The van der Waals surface area contributed by atoms with Crippen LogP contribution in [-0.2, 0) is 19.1 Å². The number of hydrogen-bond donors (Lipinski definition) is 4. The molecule has 0 aromatic heterocycles. The van der Waals surface area contributed by atoms with E-state index in [1.54, 1.807) is 6.92 Å². The molecule has 2 amide bonds. The average Bonchev–Trinajstić information content (AvgIpc) is 3.34. The molecule has 2 aliphatic rings. The average molecular weight is 483 g/mol. The third kappa shape index (κ3) is 5.16. The number of aliphatic carboxylic acids is 1. The zero-order valence-corrected chi connectivity index (χ0v) is 19.7. The zero-order valence-electron chi connectivity index (χ0n) is 19.7. The van der Waals surface area contributed by atoms with Crippen LogP contribution in [0.15, 0.2) is 48.5 Å². The number of carbonyl (C=O) groups is 3. The van der Waals surface area contributed by atoms with E-state index < -0.39 is 41.4 Å². The SMILES string of the molecule is CC(O)(CNC(=O)C1(C)COCC1NC(=O)OCC1c2ccccc2-c2ccccc21)CC(=O)O. The first-order valence-corrected chi connectivity index (χ1v) is 11.5. The fraction of sp³-hybridized carbons (Fsp3) is 0.423. The summed E-state index contributed by atoms with van der Waals surface area (Å²) in [5.74, 6) is -1.71. The molecule has 0 radical (unpaired) electrons. The molecule has 9 nitrogen and oxygen atoms in total. The Morgan fingerprint density at radius 3 is 2.31 bits per heavy atom. The molecule has 2 aromatic rings. The number of aliphatic hydroxyl groups is 1. The number of fused-ring (bicyclic) bond motifs is 3. The number of carbonyl (C=O) groups excluding carboxylic acids is 2. The molecule has 9 heteroatoms. The van der Waals surface area contributed by atoms with E-state index in [1.165, 1.54) is 6.92 Å². The predicted molar refractivity (Wildman–Crippen MR) is 127 cm³/mol. The van der Waals surface area contributed by atoms with Crippen LogP contribution in [0.25, 0.3) is 11.1 Å². The van der Waals surface area contributed by atoms with E-state index in [9.17, 15) is 19.5 Å². The topological polar surface area (TPSA) is 134 Å². The summed E-state index contributed by atoms with van der Waals surface area (Å²) in [7, 11) is 0. The van der Waals surface area contributed by atoms with Crippen molar-refractivity contribution in [3.63, 3.8) is 0 Å². The highest BCUT2D eigenvalue weighted by atomic mass is 16.5. The predicted octanol–water partition coefficient (Wildman–Crippen LogP) is 2.27. The third-order valence-electron chi connectivity index (χ3n) is 6.77. The quantitative estimate of drug-likeness (QED) is 0.453. The van der Waals surface area contributed by atoms with Crippen molar-refractivity contribution in [2.45, 2.75) is 37.8 Å². The molecule has 2 aromatic carbocycles. The van der Waals surface area contributed by atoms with Gasteiger partial charge in [0.25, 0.3) is 0 Å². The molecule has 3 atom stereocenters. The van der Waals surface area contributed by atoms with Gasteiger partial charge in [0.05, 0.1) is 36.7 Å². The largest absolute Gasteiger partial charge is 0.481 e. The van der Waals surface area contributed by atoms with Crippen LogP contribution in [0.3, 0.4) is 0 Å². The molecular formula is C26H30N2O7. The lowest BCUT2D eigenvalue weighted by atomic mass is 9.84. The molecule has 1 heterocycles. The van der Waals surface area contributed by atoms with Crippen LogP contribution < -0.4 is 10.6 Å². The van der Waals surface area contributed by atoms with Crippen LogP contribution in [0.1, 0.15) is 37.3 Å². The van der Waals surface area contributed by atoms with Crippen LogP contribution in [0.5, 0.6) is 0 Å². The van der Waals surface area contributed by atoms with Crippen LogP contribution >= 0.6 is 0 Å². The van der Waals surface area contributed by atoms with Gasteiger partial charge in [0.2, 0.25) is 5.91 Å². The van der Waals surface area contributed by atoms with E-state index in [0.29, 0.717) is 0 Å². The summed E-state index contributed by atoms with van der Waals surface area (Å²) in [6.07, 6.45) is -1.17. The van der Waals surface area contributed by atoms with E-state index in [1.807, 2.05) is 36.4 Å². The molecule has 1 fully saturated rings. The fourth-order valence-electron chi connectivity index (χ4n) is 4.74. The smallest absolute Gasteiger partial charge is 0.407 e. The van der Waals surface area contributed by atoms with Gasteiger partial charge in [0.1, 0.15) is 6.61 Å². The minimum atomic E-state index is -1.60. The number of amides is 2. The standard InChI is InChI=1S/C26H30N2O7/c1-25(33,11-22(29)30)14-27-23(31)26(2)15-34-13-21(26)28-24(32)35-12-20-18-9-5-3-7-16(18)17-8-4-6-10-19(17)20/h3-10,20-21,33H,11-15H2,1-2H3,(H,27,31)(H,28,32)(H,29,30). The van der Waals surface area contributed by atoms with E-state index in [4.69, 9.17) is 14.6 Å². The van der Waals surface area contributed by atoms with Crippen molar-refractivity contribution >= 4 is 18.0 Å². The van der Waals surface area contributed by atoms with Gasteiger partial charge in [-0.2, -0.15) is 0 Å². The lowest BCUT2D eigenvalue weighted by Gasteiger charge is -2.30. The number of hydrogen-bond acceptors (Lipinski definition) is 6. The maximum absolute atomic E-state index is 12.9. The highest BCUT2D eigenvalue weighted by Crippen LogP contribution is 2.44. The van der Waals surface area contributed by atoms with Crippen molar-refractivity contribution < 1.29 is 34.1 Å². The Labute approximate surface area is 203 Å².